The van der Waals surface area contributed by atoms with Crippen LogP contribution in [-0.4, -0.2) is 21.2 Å². The van der Waals surface area contributed by atoms with Crippen molar-refractivity contribution in [3.63, 3.8) is 0 Å². The SMILES string of the molecule is CO/N=C(/C)c1ccccc1NS(=O)(=O)c1ccccc1. The van der Waals surface area contributed by atoms with E-state index >= 15 is 0 Å². The van der Waals surface area contributed by atoms with Crippen molar-refractivity contribution < 1.29 is 13.3 Å². The van der Waals surface area contributed by atoms with E-state index < -0.39 is 10.0 Å². The van der Waals surface area contributed by atoms with E-state index in [2.05, 4.69) is 9.88 Å². The molecule has 0 aliphatic heterocycles. The second-order valence-corrected chi connectivity index (χ2v) is 6.01. The molecule has 6 heteroatoms. The van der Waals surface area contributed by atoms with Crippen LogP contribution in [0, 0.1) is 0 Å². The Morgan fingerprint density at radius 1 is 1.05 bits per heavy atom. The van der Waals surface area contributed by atoms with Gasteiger partial charge in [-0.25, -0.2) is 8.42 Å². The van der Waals surface area contributed by atoms with Crippen molar-refractivity contribution in [2.24, 2.45) is 5.16 Å². The summed E-state index contributed by atoms with van der Waals surface area (Å²) in [5, 5.41) is 3.84. The van der Waals surface area contributed by atoms with Crippen LogP contribution in [0.15, 0.2) is 64.6 Å². The lowest BCUT2D eigenvalue weighted by molar-refractivity contribution is 0.213. The first-order valence-electron chi connectivity index (χ1n) is 6.29. The average molecular weight is 304 g/mol. The summed E-state index contributed by atoms with van der Waals surface area (Å²) in [6.45, 7) is 1.75. The highest BCUT2D eigenvalue weighted by atomic mass is 32.2. The third-order valence-corrected chi connectivity index (χ3v) is 4.22. The molecule has 0 unspecified atom stereocenters. The number of sulfonamides is 1. The molecule has 0 saturated heterocycles. The summed E-state index contributed by atoms with van der Waals surface area (Å²) in [4.78, 5) is 4.95. The van der Waals surface area contributed by atoms with Crippen molar-refractivity contribution >= 4 is 21.4 Å². The maximum atomic E-state index is 12.4. The molecule has 2 aromatic carbocycles. The third kappa shape index (κ3) is 3.61. The normalized spacial score (nSPS) is 12.0. The van der Waals surface area contributed by atoms with Crippen molar-refractivity contribution in [3.8, 4) is 0 Å². The lowest BCUT2D eigenvalue weighted by Gasteiger charge is -2.12. The average Bonchev–Trinajstić information content (AvgIpc) is 2.48. The number of para-hydroxylation sites is 1. The number of anilines is 1. The van der Waals surface area contributed by atoms with Crippen LogP contribution >= 0.6 is 0 Å². The largest absolute Gasteiger partial charge is 0.399 e. The molecule has 0 aliphatic rings. The topological polar surface area (TPSA) is 67.8 Å². The second-order valence-electron chi connectivity index (χ2n) is 4.32. The van der Waals surface area contributed by atoms with Gasteiger partial charge in [0.15, 0.2) is 0 Å². The molecule has 0 amide bonds. The number of nitrogens with zero attached hydrogens (tertiary/aromatic N) is 1. The van der Waals surface area contributed by atoms with Crippen LogP contribution in [-0.2, 0) is 14.9 Å². The second kappa shape index (κ2) is 6.41. The van der Waals surface area contributed by atoms with E-state index in [1.807, 2.05) is 6.07 Å². The Kier molecular flexibility index (Phi) is 4.59. The summed E-state index contributed by atoms with van der Waals surface area (Å²) >= 11 is 0. The molecule has 0 atom stereocenters. The van der Waals surface area contributed by atoms with E-state index in [0.717, 1.165) is 0 Å². The first-order chi connectivity index (χ1) is 10.0. The van der Waals surface area contributed by atoms with E-state index in [0.29, 0.717) is 17.0 Å². The van der Waals surface area contributed by atoms with Gasteiger partial charge in [0.25, 0.3) is 10.0 Å². The summed E-state index contributed by atoms with van der Waals surface area (Å²) in [6.07, 6.45) is 0. The maximum absolute atomic E-state index is 12.4. The van der Waals surface area contributed by atoms with E-state index in [-0.39, 0.29) is 4.90 Å². The Hall–Kier alpha value is -2.34. The Morgan fingerprint density at radius 2 is 1.67 bits per heavy atom. The van der Waals surface area contributed by atoms with Gasteiger partial charge in [0.1, 0.15) is 7.11 Å². The van der Waals surface area contributed by atoms with Gasteiger partial charge in [-0.15, -0.1) is 0 Å². The Morgan fingerprint density at radius 3 is 2.33 bits per heavy atom. The lowest BCUT2D eigenvalue weighted by Crippen LogP contribution is -2.15. The molecule has 0 fully saturated rings. The minimum absolute atomic E-state index is 0.209. The van der Waals surface area contributed by atoms with Gasteiger partial charge in [-0.1, -0.05) is 41.6 Å². The molecular weight excluding hydrogens is 288 g/mol. The smallest absolute Gasteiger partial charge is 0.261 e. The zero-order valence-electron chi connectivity index (χ0n) is 11.8. The molecule has 0 bridgehead atoms. The van der Waals surface area contributed by atoms with Crippen LogP contribution in [0.4, 0.5) is 5.69 Å². The molecule has 110 valence electrons. The van der Waals surface area contributed by atoms with Crippen molar-refractivity contribution in [2.45, 2.75) is 11.8 Å². The fourth-order valence-corrected chi connectivity index (χ4v) is 2.98. The molecule has 1 N–H and O–H groups in total. The quantitative estimate of drug-likeness (QED) is 0.682. The highest BCUT2D eigenvalue weighted by Gasteiger charge is 2.16. The van der Waals surface area contributed by atoms with Crippen LogP contribution in [0.2, 0.25) is 0 Å². The van der Waals surface area contributed by atoms with Crippen molar-refractivity contribution in [1.29, 1.82) is 0 Å². The highest BCUT2D eigenvalue weighted by molar-refractivity contribution is 7.92. The number of benzene rings is 2. The van der Waals surface area contributed by atoms with Gasteiger partial charge in [-0.2, -0.15) is 0 Å². The Labute approximate surface area is 124 Å². The Balaban J connectivity index is 2.39. The van der Waals surface area contributed by atoms with Crippen LogP contribution < -0.4 is 4.72 Å². The van der Waals surface area contributed by atoms with Crippen molar-refractivity contribution in [1.82, 2.24) is 0 Å². The van der Waals surface area contributed by atoms with Gasteiger partial charge in [0.2, 0.25) is 0 Å². The molecule has 0 saturated carbocycles. The van der Waals surface area contributed by atoms with E-state index in [4.69, 9.17) is 4.84 Å². The van der Waals surface area contributed by atoms with Crippen LogP contribution in [0.1, 0.15) is 12.5 Å². The number of nitrogens with one attached hydrogen (secondary N) is 1. The summed E-state index contributed by atoms with van der Waals surface area (Å²) in [7, 11) is -2.19. The number of hydrogen-bond acceptors (Lipinski definition) is 4. The van der Waals surface area contributed by atoms with E-state index in [9.17, 15) is 8.42 Å². The number of rotatable bonds is 5. The van der Waals surface area contributed by atoms with Gasteiger partial charge in [0.05, 0.1) is 16.3 Å². The third-order valence-electron chi connectivity index (χ3n) is 2.84. The monoisotopic (exact) mass is 304 g/mol. The fourth-order valence-electron chi connectivity index (χ4n) is 1.88. The fraction of sp³-hybridized carbons (Fsp3) is 0.133. The van der Waals surface area contributed by atoms with E-state index in [1.165, 1.54) is 7.11 Å². The lowest BCUT2D eigenvalue weighted by atomic mass is 10.1. The highest BCUT2D eigenvalue weighted by Crippen LogP contribution is 2.20. The van der Waals surface area contributed by atoms with Gasteiger partial charge >= 0.3 is 0 Å². The molecule has 0 radical (unpaired) electrons. The minimum Gasteiger partial charge on any atom is -0.399 e. The zero-order chi connectivity index (χ0) is 15.3. The molecule has 0 heterocycles. The molecule has 0 aliphatic carbocycles. The standard InChI is InChI=1S/C15H16N2O3S/c1-12(16-20-2)14-10-6-7-11-15(14)17-21(18,19)13-8-4-3-5-9-13/h3-11,17H,1-2H3/b16-12-. The van der Waals surface area contributed by atoms with Gasteiger partial charge in [-0.3, -0.25) is 4.72 Å². The predicted octanol–water partition coefficient (Wildman–Crippen LogP) is 2.86. The maximum Gasteiger partial charge on any atom is 0.261 e. The van der Waals surface area contributed by atoms with Crippen molar-refractivity contribution in [2.75, 3.05) is 11.8 Å². The van der Waals surface area contributed by atoms with Crippen LogP contribution in [0.3, 0.4) is 0 Å². The molecule has 2 rings (SSSR count). The summed E-state index contributed by atoms with van der Waals surface area (Å²) in [5.41, 5.74) is 1.71. The first kappa shape index (κ1) is 15.1. The molecular formula is C15H16N2O3S. The minimum atomic E-state index is -3.63. The number of oxime groups is 1. The van der Waals surface area contributed by atoms with Gasteiger partial charge in [0, 0.05) is 5.56 Å². The molecule has 0 spiro atoms. The summed E-state index contributed by atoms with van der Waals surface area (Å²) < 4.78 is 27.3. The molecule has 5 nitrogen and oxygen atoms in total. The van der Waals surface area contributed by atoms with E-state index in [1.54, 1.807) is 55.5 Å². The summed E-state index contributed by atoms with van der Waals surface area (Å²) in [6, 6.07) is 15.2. The molecule has 2 aromatic rings. The Bertz CT molecular complexity index is 741. The first-order valence-corrected chi connectivity index (χ1v) is 7.78. The van der Waals surface area contributed by atoms with Crippen molar-refractivity contribution in [3.05, 3.63) is 60.2 Å². The van der Waals surface area contributed by atoms with Crippen LogP contribution in [0.5, 0.6) is 0 Å². The zero-order valence-corrected chi connectivity index (χ0v) is 12.6. The van der Waals surface area contributed by atoms with Gasteiger partial charge < -0.3 is 4.84 Å². The van der Waals surface area contributed by atoms with Crippen LogP contribution in [0.25, 0.3) is 0 Å². The molecule has 21 heavy (non-hydrogen) atoms. The predicted molar refractivity (Wildman–Crippen MR) is 82.9 cm³/mol. The molecule has 0 aromatic heterocycles. The summed E-state index contributed by atoms with van der Waals surface area (Å²) in [5.74, 6) is 0. The van der Waals surface area contributed by atoms with Gasteiger partial charge in [-0.05, 0) is 25.1 Å². The number of hydrogen-bond donors (Lipinski definition) is 1.